The van der Waals surface area contributed by atoms with Crippen LogP contribution in [0.25, 0.3) is 0 Å². The Kier molecular flexibility index (Phi) is 7.29. The maximum atomic E-state index is 12.9. The number of para-hydroxylation sites is 2. The van der Waals surface area contributed by atoms with Gasteiger partial charge in [0, 0.05) is 5.69 Å². The zero-order valence-corrected chi connectivity index (χ0v) is 17.3. The number of carbonyl (C=O) groups is 1. The quantitative estimate of drug-likeness (QED) is 0.661. The van der Waals surface area contributed by atoms with E-state index in [9.17, 15) is 13.2 Å². The van der Waals surface area contributed by atoms with Crippen LogP contribution in [-0.4, -0.2) is 34.0 Å². The molecule has 0 aromatic heterocycles. The van der Waals surface area contributed by atoms with Crippen molar-refractivity contribution in [1.82, 2.24) is 5.32 Å². The Hall–Kier alpha value is -2.29. The number of ether oxygens (including phenoxy) is 1. The molecule has 1 fully saturated rings. The summed E-state index contributed by atoms with van der Waals surface area (Å²) in [4.78, 5) is 12.4. The summed E-state index contributed by atoms with van der Waals surface area (Å²) in [7, 11) is -2.37. The first-order chi connectivity index (χ1) is 12.9. The van der Waals surface area contributed by atoms with Crippen LogP contribution in [0.2, 0.25) is 0 Å². The smallest absolute Gasteiger partial charge is 0.262 e. The predicted octanol–water partition coefficient (Wildman–Crippen LogP) is 2.92. The number of aryl methyl sites for hydroxylation is 1. The molecule has 1 aliphatic heterocycles. The summed E-state index contributed by atoms with van der Waals surface area (Å²) in [6, 6.07) is 11.4. The van der Waals surface area contributed by atoms with Crippen molar-refractivity contribution in [3.63, 3.8) is 0 Å². The van der Waals surface area contributed by atoms with Crippen LogP contribution in [-0.2, 0) is 14.8 Å². The Balaban J connectivity index is 0.00000280. The molecule has 1 amide bonds. The van der Waals surface area contributed by atoms with E-state index in [4.69, 9.17) is 4.74 Å². The molecule has 9 heteroatoms. The molecule has 1 heterocycles. The minimum Gasteiger partial charge on any atom is -0.495 e. The van der Waals surface area contributed by atoms with Crippen LogP contribution < -0.4 is 20.1 Å². The van der Waals surface area contributed by atoms with Gasteiger partial charge in [-0.2, -0.15) is 0 Å². The third-order valence-electron chi connectivity index (χ3n) is 4.47. The number of hydrogen-bond acceptors (Lipinski definition) is 5. The summed E-state index contributed by atoms with van der Waals surface area (Å²) in [5, 5.41) is 5.91. The third-order valence-corrected chi connectivity index (χ3v) is 5.98. The molecular weight excluding hydrogens is 402 g/mol. The number of carbonyl (C=O) groups excluding carboxylic acids is 1. The summed E-state index contributed by atoms with van der Waals surface area (Å²) in [5.41, 5.74) is 1.37. The van der Waals surface area contributed by atoms with Gasteiger partial charge in [0.1, 0.15) is 5.75 Å². The number of nitrogens with one attached hydrogen (secondary N) is 3. The molecule has 1 saturated heterocycles. The molecule has 0 saturated carbocycles. The highest BCUT2D eigenvalue weighted by Crippen LogP contribution is 2.28. The summed E-state index contributed by atoms with van der Waals surface area (Å²) < 4.78 is 33.5. The summed E-state index contributed by atoms with van der Waals surface area (Å²) in [5.74, 6) is 0.271. The van der Waals surface area contributed by atoms with Gasteiger partial charge in [-0.05, 0) is 56.1 Å². The maximum Gasteiger partial charge on any atom is 0.262 e. The van der Waals surface area contributed by atoms with Crippen molar-refractivity contribution in [3.05, 3.63) is 48.0 Å². The minimum absolute atomic E-state index is 0. The van der Waals surface area contributed by atoms with E-state index in [1.54, 1.807) is 43.3 Å². The van der Waals surface area contributed by atoms with Crippen LogP contribution in [0.1, 0.15) is 18.4 Å². The molecule has 0 bridgehead atoms. The van der Waals surface area contributed by atoms with Crippen molar-refractivity contribution < 1.29 is 17.9 Å². The molecule has 1 atom stereocenters. The number of amides is 1. The standard InChI is InChI=1S/C19H23N3O4S.ClH/c1-13-9-10-14(21-19(23)16-7-5-11-20-16)12-18(13)27(24,25)22-15-6-3-4-8-17(15)26-2;/h3-4,6,8-10,12,16,20,22H,5,7,11H2,1-2H3,(H,21,23);1H. The van der Waals surface area contributed by atoms with Crippen molar-refractivity contribution in [2.45, 2.75) is 30.7 Å². The van der Waals surface area contributed by atoms with E-state index in [-0.39, 0.29) is 29.3 Å². The van der Waals surface area contributed by atoms with Gasteiger partial charge in [-0.1, -0.05) is 18.2 Å². The normalized spacial score (nSPS) is 16.1. The van der Waals surface area contributed by atoms with Gasteiger partial charge in [0.25, 0.3) is 10.0 Å². The lowest BCUT2D eigenvalue weighted by Gasteiger charge is -2.15. The lowest BCUT2D eigenvalue weighted by atomic mass is 10.2. The average molecular weight is 426 g/mol. The number of hydrogen-bond donors (Lipinski definition) is 3. The first-order valence-corrected chi connectivity index (χ1v) is 10.2. The van der Waals surface area contributed by atoms with E-state index in [1.807, 2.05) is 0 Å². The van der Waals surface area contributed by atoms with Crippen LogP contribution in [0, 0.1) is 6.92 Å². The number of sulfonamides is 1. The second-order valence-electron chi connectivity index (χ2n) is 6.42. The lowest BCUT2D eigenvalue weighted by molar-refractivity contribution is -0.117. The van der Waals surface area contributed by atoms with E-state index in [0.717, 1.165) is 19.4 Å². The topological polar surface area (TPSA) is 96.5 Å². The fourth-order valence-electron chi connectivity index (χ4n) is 3.03. The Morgan fingerprint density at radius 2 is 1.96 bits per heavy atom. The van der Waals surface area contributed by atoms with E-state index in [2.05, 4.69) is 15.4 Å². The molecular formula is C19H24ClN3O4S. The van der Waals surface area contributed by atoms with Crippen LogP contribution in [0.3, 0.4) is 0 Å². The van der Waals surface area contributed by atoms with E-state index < -0.39 is 10.0 Å². The third kappa shape index (κ3) is 4.95. The van der Waals surface area contributed by atoms with Crippen molar-refractivity contribution in [1.29, 1.82) is 0 Å². The molecule has 152 valence electrons. The number of benzene rings is 2. The van der Waals surface area contributed by atoms with Gasteiger partial charge >= 0.3 is 0 Å². The Morgan fingerprint density at radius 1 is 1.21 bits per heavy atom. The van der Waals surface area contributed by atoms with Crippen molar-refractivity contribution in [3.8, 4) is 5.75 Å². The maximum absolute atomic E-state index is 12.9. The van der Waals surface area contributed by atoms with Crippen molar-refractivity contribution in [2.75, 3.05) is 23.7 Å². The molecule has 0 aliphatic carbocycles. The molecule has 1 unspecified atom stereocenters. The number of halogens is 1. The first kappa shape index (κ1) is 22.0. The Labute approximate surface area is 171 Å². The van der Waals surface area contributed by atoms with Gasteiger partial charge in [-0.3, -0.25) is 9.52 Å². The lowest BCUT2D eigenvalue weighted by Crippen LogP contribution is -2.35. The fraction of sp³-hybridized carbons (Fsp3) is 0.316. The predicted molar refractivity (Wildman–Crippen MR) is 112 cm³/mol. The zero-order valence-electron chi connectivity index (χ0n) is 15.7. The van der Waals surface area contributed by atoms with Gasteiger partial charge in [0.05, 0.1) is 23.7 Å². The van der Waals surface area contributed by atoms with Gasteiger partial charge in [-0.25, -0.2) is 8.42 Å². The number of rotatable bonds is 6. The summed E-state index contributed by atoms with van der Waals surface area (Å²) in [6.45, 7) is 2.52. The number of anilines is 2. The van der Waals surface area contributed by atoms with E-state index in [1.165, 1.54) is 13.2 Å². The SMILES string of the molecule is COc1ccccc1NS(=O)(=O)c1cc(NC(=O)C2CCCN2)ccc1C.Cl. The van der Waals surface area contributed by atoms with Crippen LogP contribution >= 0.6 is 12.4 Å². The fourth-order valence-corrected chi connectivity index (χ4v) is 4.38. The molecule has 7 nitrogen and oxygen atoms in total. The largest absolute Gasteiger partial charge is 0.495 e. The Bertz CT molecular complexity index is 944. The molecule has 2 aromatic rings. The molecule has 0 spiro atoms. The van der Waals surface area contributed by atoms with Crippen LogP contribution in [0.5, 0.6) is 5.75 Å². The molecule has 0 radical (unpaired) electrons. The van der Waals surface area contributed by atoms with E-state index in [0.29, 0.717) is 22.7 Å². The molecule has 1 aliphatic rings. The van der Waals surface area contributed by atoms with Gasteiger partial charge in [0.2, 0.25) is 5.91 Å². The molecule has 2 aromatic carbocycles. The summed E-state index contributed by atoms with van der Waals surface area (Å²) >= 11 is 0. The van der Waals surface area contributed by atoms with Crippen LogP contribution in [0.4, 0.5) is 11.4 Å². The second-order valence-corrected chi connectivity index (χ2v) is 8.08. The molecule has 3 N–H and O–H groups in total. The minimum atomic E-state index is -3.85. The van der Waals surface area contributed by atoms with Crippen molar-refractivity contribution >= 4 is 39.7 Å². The molecule has 3 rings (SSSR count). The number of methoxy groups -OCH3 is 1. The highest BCUT2D eigenvalue weighted by Gasteiger charge is 2.23. The van der Waals surface area contributed by atoms with E-state index >= 15 is 0 Å². The monoisotopic (exact) mass is 425 g/mol. The highest BCUT2D eigenvalue weighted by molar-refractivity contribution is 7.92. The highest BCUT2D eigenvalue weighted by atomic mass is 35.5. The van der Waals surface area contributed by atoms with Gasteiger partial charge in [-0.15, -0.1) is 12.4 Å². The zero-order chi connectivity index (χ0) is 19.4. The van der Waals surface area contributed by atoms with Gasteiger partial charge < -0.3 is 15.4 Å². The second kappa shape index (κ2) is 9.27. The molecule has 28 heavy (non-hydrogen) atoms. The van der Waals surface area contributed by atoms with Gasteiger partial charge in [0.15, 0.2) is 0 Å². The Morgan fingerprint density at radius 3 is 2.64 bits per heavy atom. The van der Waals surface area contributed by atoms with Crippen molar-refractivity contribution in [2.24, 2.45) is 0 Å². The average Bonchev–Trinajstić information content (AvgIpc) is 3.18. The summed E-state index contributed by atoms with van der Waals surface area (Å²) in [6.07, 6.45) is 1.73. The van der Waals surface area contributed by atoms with Crippen LogP contribution in [0.15, 0.2) is 47.4 Å². The first-order valence-electron chi connectivity index (χ1n) is 8.71.